The number of ether oxygens (including phenoxy) is 1. The van der Waals surface area contributed by atoms with Crippen LogP contribution in [0.2, 0.25) is 0 Å². The molecule has 57 valence electrons. The first-order chi connectivity index (χ1) is 5.27. The van der Waals surface area contributed by atoms with Crippen LogP contribution >= 0.6 is 0 Å². The van der Waals surface area contributed by atoms with Gasteiger partial charge >= 0.3 is 0 Å². The molecule has 2 heteroatoms. The Bertz CT molecular complexity index is 266. The molecule has 0 aliphatic carbocycles. The lowest BCUT2D eigenvalue weighted by Crippen LogP contribution is -1.88. The Balaban J connectivity index is 3.09. The van der Waals surface area contributed by atoms with Crippen LogP contribution in [0.25, 0.3) is 0 Å². The molecule has 0 N–H and O–H groups in total. The standard InChI is InChI=1S/C9H9O2/c1-7-5-9(11-2)4-3-8(7)6-10/h3-5H,1-2H3. The van der Waals surface area contributed by atoms with Gasteiger partial charge in [0.25, 0.3) is 0 Å². The quantitative estimate of drug-likeness (QED) is 0.636. The molecule has 0 unspecified atom stereocenters. The molecule has 11 heavy (non-hydrogen) atoms. The van der Waals surface area contributed by atoms with Gasteiger partial charge in [-0.25, -0.2) is 0 Å². The van der Waals surface area contributed by atoms with Gasteiger partial charge in [-0.05, 0) is 30.7 Å². The number of aryl methyl sites for hydroxylation is 1. The SMILES string of the molecule is COc1ccc([C]=O)c(C)c1. The van der Waals surface area contributed by atoms with Crippen molar-refractivity contribution in [1.82, 2.24) is 0 Å². The van der Waals surface area contributed by atoms with Crippen molar-refractivity contribution in [2.24, 2.45) is 0 Å². The third kappa shape index (κ3) is 1.58. The number of hydrogen-bond donors (Lipinski definition) is 0. The molecule has 0 heterocycles. The van der Waals surface area contributed by atoms with Crippen LogP contribution in [-0.2, 0) is 4.79 Å². The summed E-state index contributed by atoms with van der Waals surface area (Å²) in [5, 5.41) is 0. The van der Waals surface area contributed by atoms with Gasteiger partial charge in [0.15, 0.2) is 0 Å². The maximum absolute atomic E-state index is 10.3. The molecular weight excluding hydrogens is 140 g/mol. The van der Waals surface area contributed by atoms with E-state index < -0.39 is 0 Å². The van der Waals surface area contributed by atoms with Gasteiger partial charge in [-0.3, -0.25) is 4.79 Å². The average molecular weight is 149 g/mol. The highest BCUT2D eigenvalue weighted by Gasteiger charge is 1.98. The fraction of sp³-hybridized carbons (Fsp3) is 0.222. The summed E-state index contributed by atoms with van der Waals surface area (Å²) in [7, 11) is 1.60. The van der Waals surface area contributed by atoms with E-state index in [1.165, 1.54) is 0 Å². The largest absolute Gasteiger partial charge is 0.497 e. The first-order valence-electron chi connectivity index (χ1n) is 3.30. The predicted octanol–water partition coefficient (Wildman–Crippen LogP) is 1.46. The molecular formula is C9H9O2. The van der Waals surface area contributed by atoms with E-state index in [9.17, 15) is 4.79 Å². The van der Waals surface area contributed by atoms with Gasteiger partial charge in [0.1, 0.15) is 5.75 Å². The van der Waals surface area contributed by atoms with Crippen molar-refractivity contribution in [3.8, 4) is 5.75 Å². The molecule has 0 aromatic heterocycles. The fourth-order valence-corrected chi connectivity index (χ4v) is 0.878. The van der Waals surface area contributed by atoms with Gasteiger partial charge in [0.05, 0.1) is 7.11 Å². The van der Waals surface area contributed by atoms with Crippen LogP contribution in [0, 0.1) is 6.92 Å². The molecule has 0 saturated carbocycles. The zero-order chi connectivity index (χ0) is 8.27. The number of carbonyl (C=O) groups excluding carboxylic acids is 1. The van der Waals surface area contributed by atoms with E-state index in [2.05, 4.69) is 0 Å². The molecule has 0 atom stereocenters. The van der Waals surface area contributed by atoms with Crippen molar-refractivity contribution < 1.29 is 9.53 Å². The molecule has 1 radical (unpaired) electrons. The Morgan fingerprint density at radius 1 is 1.45 bits per heavy atom. The summed E-state index contributed by atoms with van der Waals surface area (Å²) in [4.78, 5) is 10.3. The van der Waals surface area contributed by atoms with E-state index in [-0.39, 0.29) is 0 Å². The van der Waals surface area contributed by atoms with E-state index in [0.29, 0.717) is 5.56 Å². The van der Waals surface area contributed by atoms with E-state index in [1.807, 2.05) is 13.2 Å². The zero-order valence-corrected chi connectivity index (χ0v) is 6.55. The van der Waals surface area contributed by atoms with Crippen molar-refractivity contribution in [1.29, 1.82) is 0 Å². The van der Waals surface area contributed by atoms with Gasteiger partial charge in [0.2, 0.25) is 6.29 Å². The Morgan fingerprint density at radius 3 is 2.64 bits per heavy atom. The normalized spacial score (nSPS) is 9.27. The van der Waals surface area contributed by atoms with Crippen molar-refractivity contribution in [3.05, 3.63) is 29.3 Å². The summed E-state index contributed by atoms with van der Waals surface area (Å²) >= 11 is 0. The van der Waals surface area contributed by atoms with Crippen molar-refractivity contribution in [3.63, 3.8) is 0 Å². The number of hydrogen-bond acceptors (Lipinski definition) is 2. The molecule has 0 amide bonds. The summed E-state index contributed by atoms with van der Waals surface area (Å²) < 4.78 is 4.96. The van der Waals surface area contributed by atoms with Crippen LogP contribution in [-0.4, -0.2) is 13.4 Å². The second kappa shape index (κ2) is 3.19. The monoisotopic (exact) mass is 149 g/mol. The smallest absolute Gasteiger partial charge is 0.233 e. The first kappa shape index (κ1) is 7.79. The van der Waals surface area contributed by atoms with Gasteiger partial charge < -0.3 is 4.74 Å². The summed E-state index contributed by atoms with van der Waals surface area (Å²) in [6.45, 7) is 1.85. The molecule has 2 nitrogen and oxygen atoms in total. The van der Waals surface area contributed by atoms with Crippen molar-refractivity contribution in [2.75, 3.05) is 7.11 Å². The predicted molar refractivity (Wildman–Crippen MR) is 42.5 cm³/mol. The van der Waals surface area contributed by atoms with E-state index in [4.69, 9.17) is 4.74 Å². The maximum Gasteiger partial charge on any atom is 0.233 e. The minimum absolute atomic E-state index is 0.589. The fourth-order valence-electron chi connectivity index (χ4n) is 0.878. The van der Waals surface area contributed by atoms with Gasteiger partial charge in [-0.2, -0.15) is 0 Å². The third-order valence-electron chi connectivity index (χ3n) is 1.54. The van der Waals surface area contributed by atoms with E-state index in [1.54, 1.807) is 25.3 Å². The molecule has 0 aliphatic rings. The summed E-state index contributed by atoms with van der Waals surface area (Å²) in [5.74, 6) is 0.765. The highest BCUT2D eigenvalue weighted by Crippen LogP contribution is 2.14. The molecule has 1 rings (SSSR count). The lowest BCUT2D eigenvalue weighted by Gasteiger charge is -2.01. The van der Waals surface area contributed by atoms with Crippen LogP contribution < -0.4 is 4.74 Å². The summed E-state index contributed by atoms with van der Waals surface area (Å²) in [6, 6.07) is 5.24. The van der Waals surface area contributed by atoms with Crippen LogP contribution in [0.1, 0.15) is 11.1 Å². The zero-order valence-electron chi connectivity index (χ0n) is 6.55. The van der Waals surface area contributed by atoms with Crippen LogP contribution in [0.5, 0.6) is 5.75 Å². The Kier molecular flexibility index (Phi) is 2.26. The second-order valence-corrected chi connectivity index (χ2v) is 2.28. The average Bonchev–Trinajstić information content (AvgIpc) is 2.04. The lowest BCUT2D eigenvalue weighted by molar-refractivity contribution is 0.414. The van der Waals surface area contributed by atoms with Crippen molar-refractivity contribution >= 4 is 6.29 Å². The Hall–Kier alpha value is -1.31. The second-order valence-electron chi connectivity index (χ2n) is 2.28. The van der Waals surface area contributed by atoms with Gasteiger partial charge in [-0.15, -0.1) is 0 Å². The van der Waals surface area contributed by atoms with Gasteiger partial charge in [-0.1, -0.05) is 0 Å². The molecule has 0 bridgehead atoms. The summed E-state index contributed by atoms with van der Waals surface area (Å²) in [6.07, 6.45) is 1.84. The summed E-state index contributed by atoms with van der Waals surface area (Å²) in [5.41, 5.74) is 1.48. The molecule has 0 fully saturated rings. The number of rotatable bonds is 2. The Morgan fingerprint density at radius 2 is 2.18 bits per heavy atom. The minimum Gasteiger partial charge on any atom is -0.497 e. The number of benzene rings is 1. The number of methoxy groups -OCH3 is 1. The maximum atomic E-state index is 10.3. The first-order valence-corrected chi connectivity index (χ1v) is 3.30. The van der Waals surface area contributed by atoms with E-state index in [0.717, 1.165) is 11.3 Å². The van der Waals surface area contributed by atoms with Crippen molar-refractivity contribution in [2.45, 2.75) is 6.92 Å². The van der Waals surface area contributed by atoms with E-state index >= 15 is 0 Å². The van der Waals surface area contributed by atoms with Gasteiger partial charge in [0, 0.05) is 5.56 Å². The molecule has 0 spiro atoms. The van der Waals surface area contributed by atoms with Crippen LogP contribution in [0.4, 0.5) is 0 Å². The lowest BCUT2D eigenvalue weighted by atomic mass is 10.1. The van der Waals surface area contributed by atoms with Crippen LogP contribution in [0.3, 0.4) is 0 Å². The topological polar surface area (TPSA) is 26.3 Å². The highest BCUT2D eigenvalue weighted by molar-refractivity contribution is 5.77. The third-order valence-corrected chi connectivity index (χ3v) is 1.54. The minimum atomic E-state index is 0.589. The Labute approximate surface area is 65.8 Å². The highest BCUT2D eigenvalue weighted by atomic mass is 16.5. The molecule has 1 aromatic carbocycles. The molecule has 0 saturated heterocycles. The van der Waals surface area contributed by atoms with Crippen LogP contribution in [0.15, 0.2) is 18.2 Å². The molecule has 0 aliphatic heterocycles. The molecule has 1 aromatic rings.